The van der Waals surface area contributed by atoms with Crippen molar-refractivity contribution in [2.24, 2.45) is 0 Å². The second-order valence-corrected chi connectivity index (χ2v) is 13.4. The Bertz CT molecular complexity index is 1810. The highest BCUT2D eigenvalue weighted by molar-refractivity contribution is 7.25. The smallest absolute Gasteiger partial charge is 0.119 e. The molecule has 0 aliphatic heterocycles. The third-order valence-corrected chi connectivity index (χ3v) is 9.83. The van der Waals surface area contributed by atoms with Gasteiger partial charge in [-0.25, -0.2) is 0 Å². The molecule has 5 heteroatoms. The van der Waals surface area contributed by atoms with Crippen molar-refractivity contribution >= 4 is 31.5 Å². The molecule has 0 aliphatic carbocycles. The molecule has 4 nitrogen and oxygen atoms in total. The maximum absolute atomic E-state index is 8.93. The molecule has 2 N–H and O–H groups in total. The Morgan fingerprint density at radius 3 is 1.39 bits per heavy atom. The summed E-state index contributed by atoms with van der Waals surface area (Å²) in [5.41, 5.74) is 6.47. The van der Waals surface area contributed by atoms with Crippen LogP contribution in [-0.4, -0.2) is 36.6 Å². The van der Waals surface area contributed by atoms with Gasteiger partial charge >= 0.3 is 0 Å². The molecule has 5 rings (SSSR count). The van der Waals surface area contributed by atoms with E-state index in [-0.39, 0.29) is 13.2 Å². The van der Waals surface area contributed by atoms with Crippen molar-refractivity contribution < 1.29 is 19.7 Å². The van der Waals surface area contributed by atoms with Crippen molar-refractivity contribution in [2.45, 2.75) is 78.1 Å². The number of ether oxygens (including phenoxy) is 2. The van der Waals surface area contributed by atoms with Crippen LogP contribution in [0.1, 0.15) is 98.6 Å². The van der Waals surface area contributed by atoms with E-state index in [9.17, 15) is 0 Å². The summed E-state index contributed by atoms with van der Waals surface area (Å²) in [7, 11) is 0. The molecule has 0 bridgehead atoms. The fourth-order valence-electron chi connectivity index (χ4n) is 5.88. The van der Waals surface area contributed by atoms with Crippen LogP contribution in [-0.2, 0) is 12.8 Å². The van der Waals surface area contributed by atoms with Gasteiger partial charge in [-0.2, -0.15) is 0 Å². The molecule has 0 fully saturated rings. The molecule has 0 spiro atoms. The highest BCUT2D eigenvalue weighted by atomic mass is 32.1. The van der Waals surface area contributed by atoms with E-state index in [1.54, 1.807) is 11.3 Å². The number of thiophene rings is 1. The summed E-state index contributed by atoms with van der Waals surface area (Å²) in [6.45, 7) is 6.23. The normalized spacial score (nSPS) is 10.9. The number of hydrogen-bond acceptors (Lipinski definition) is 5. The van der Waals surface area contributed by atoms with Crippen LogP contribution < -0.4 is 9.47 Å². The van der Waals surface area contributed by atoms with E-state index in [1.165, 1.54) is 31.3 Å². The number of aliphatic hydroxyl groups is 2. The average molecular weight is 673 g/mol. The molecule has 0 unspecified atom stereocenters. The van der Waals surface area contributed by atoms with E-state index in [1.807, 2.05) is 12.1 Å². The van der Waals surface area contributed by atoms with Crippen LogP contribution in [0.3, 0.4) is 0 Å². The highest BCUT2D eigenvalue weighted by Gasteiger charge is 2.08. The van der Waals surface area contributed by atoms with Crippen molar-refractivity contribution in [3.63, 3.8) is 0 Å². The van der Waals surface area contributed by atoms with E-state index in [0.29, 0.717) is 13.2 Å². The number of aliphatic hydroxyl groups excluding tert-OH is 2. The lowest BCUT2D eigenvalue weighted by molar-refractivity contribution is 0.273. The second-order valence-electron chi connectivity index (χ2n) is 12.3. The summed E-state index contributed by atoms with van der Waals surface area (Å²) in [5, 5.41) is 20.4. The first kappa shape index (κ1) is 36.0. The van der Waals surface area contributed by atoms with Crippen molar-refractivity contribution in [3.05, 3.63) is 106 Å². The third-order valence-electron chi connectivity index (χ3n) is 8.71. The molecule has 1 aromatic heterocycles. The van der Waals surface area contributed by atoms with Gasteiger partial charge in [-0.15, -0.1) is 11.3 Å². The summed E-state index contributed by atoms with van der Waals surface area (Å²) < 4.78 is 14.4. The van der Waals surface area contributed by atoms with Crippen molar-refractivity contribution in [2.75, 3.05) is 26.4 Å². The van der Waals surface area contributed by atoms with Crippen molar-refractivity contribution in [3.8, 4) is 35.2 Å². The molecule has 4 aromatic carbocycles. The van der Waals surface area contributed by atoms with E-state index in [4.69, 9.17) is 19.7 Å². The number of rotatable bonds is 16. The van der Waals surface area contributed by atoms with Gasteiger partial charge in [-0.05, 0) is 123 Å². The predicted octanol–water partition coefficient (Wildman–Crippen LogP) is 9.84. The number of benzene rings is 4. The standard InChI is InChI=1S/C44H48O4S/c1-3-35-31-39(47-27-11-7-5-9-25-45)21-19-37(35)17-13-33-15-23-41-42-24-16-34(30-44(42)49-43(41)29-33)14-18-38-20-22-40(32-36(38)4-2)48-28-12-8-6-10-26-46/h15-16,19-24,29-32,45-46H,3-12,25-28H2,1-2H3. The fraction of sp³-hybridized carbons (Fsp3) is 0.364. The molecule has 49 heavy (non-hydrogen) atoms. The Hall–Kier alpha value is -4.26. The number of fused-ring (bicyclic) bond motifs is 3. The minimum absolute atomic E-state index is 0.265. The van der Waals surface area contributed by atoms with E-state index in [2.05, 4.69) is 98.2 Å². The van der Waals surface area contributed by atoms with E-state index < -0.39 is 0 Å². The number of hydrogen-bond donors (Lipinski definition) is 2. The summed E-state index contributed by atoms with van der Waals surface area (Å²) >= 11 is 1.79. The monoisotopic (exact) mass is 672 g/mol. The number of unbranched alkanes of at least 4 members (excludes halogenated alkanes) is 6. The fourth-order valence-corrected chi connectivity index (χ4v) is 7.06. The summed E-state index contributed by atoms with van der Waals surface area (Å²) in [4.78, 5) is 0. The van der Waals surface area contributed by atoms with Gasteiger partial charge in [0.1, 0.15) is 11.5 Å². The van der Waals surface area contributed by atoms with Gasteiger partial charge in [0, 0.05) is 55.6 Å². The van der Waals surface area contributed by atoms with E-state index in [0.717, 1.165) is 98.0 Å². The summed E-state index contributed by atoms with van der Waals surface area (Å²) in [5.74, 6) is 15.4. The molecular formula is C44H48O4S. The molecule has 5 aromatic rings. The van der Waals surface area contributed by atoms with Crippen LogP contribution in [0, 0.1) is 23.7 Å². The molecule has 0 amide bonds. The molecule has 0 saturated carbocycles. The molecule has 1 heterocycles. The van der Waals surface area contributed by atoms with Crippen LogP contribution in [0.15, 0.2) is 72.8 Å². The second kappa shape index (κ2) is 19.1. The first-order valence-electron chi connectivity index (χ1n) is 17.8. The van der Waals surface area contributed by atoms with Crippen molar-refractivity contribution in [1.82, 2.24) is 0 Å². The first-order chi connectivity index (χ1) is 24.1. The third kappa shape index (κ3) is 10.4. The minimum Gasteiger partial charge on any atom is -0.494 e. The van der Waals surface area contributed by atoms with Crippen LogP contribution in [0.5, 0.6) is 11.5 Å². The topological polar surface area (TPSA) is 58.9 Å². The Labute approximate surface area is 296 Å². The predicted molar refractivity (Wildman–Crippen MR) is 205 cm³/mol. The highest BCUT2D eigenvalue weighted by Crippen LogP contribution is 2.35. The zero-order chi connectivity index (χ0) is 34.3. The lowest BCUT2D eigenvalue weighted by atomic mass is 10.0. The molecule has 254 valence electrons. The lowest BCUT2D eigenvalue weighted by Crippen LogP contribution is -1.99. The van der Waals surface area contributed by atoms with Gasteiger partial charge in [-0.1, -0.05) is 62.5 Å². The quantitative estimate of drug-likeness (QED) is 0.0810. The Balaban J connectivity index is 1.25. The van der Waals surface area contributed by atoms with Gasteiger partial charge in [-0.3, -0.25) is 0 Å². The molecule has 0 atom stereocenters. The SMILES string of the molecule is CCc1cc(OCCCCCCO)ccc1C#Cc1ccc2c(c1)sc1cc(C#Cc3ccc(OCCCCCCO)cc3CC)ccc12. The molecular weight excluding hydrogens is 625 g/mol. The van der Waals surface area contributed by atoms with Crippen LogP contribution in [0.4, 0.5) is 0 Å². The van der Waals surface area contributed by atoms with Crippen LogP contribution in [0.2, 0.25) is 0 Å². The van der Waals surface area contributed by atoms with E-state index >= 15 is 0 Å². The van der Waals surface area contributed by atoms with Gasteiger partial charge in [0.25, 0.3) is 0 Å². The first-order valence-corrected chi connectivity index (χ1v) is 18.7. The van der Waals surface area contributed by atoms with Crippen LogP contribution >= 0.6 is 11.3 Å². The maximum atomic E-state index is 8.93. The largest absolute Gasteiger partial charge is 0.494 e. The Morgan fingerprint density at radius 2 is 0.959 bits per heavy atom. The minimum atomic E-state index is 0.265. The Morgan fingerprint density at radius 1 is 0.510 bits per heavy atom. The van der Waals surface area contributed by atoms with Gasteiger partial charge in [0.05, 0.1) is 13.2 Å². The zero-order valence-corrected chi connectivity index (χ0v) is 29.8. The maximum Gasteiger partial charge on any atom is 0.119 e. The molecule has 0 saturated heterocycles. The summed E-state index contributed by atoms with van der Waals surface area (Å²) in [6, 6.07) is 25.4. The Kier molecular flexibility index (Phi) is 14.0. The van der Waals surface area contributed by atoms with Gasteiger partial charge in [0.15, 0.2) is 0 Å². The molecule has 0 radical (unpaired) electrons. The lowest BCUT2D eigenvalue weighted by Gasteiger charge is -2.09. The van der Waals surface area contributed by atoms with Gasteiger partial charge in [0.2, 0.25) is 0 Å². The number of aryl methyl sites for hydroxylation is 2. The van der Waals surface area contributed by atoms with Crippen molar-refractivity contribution in [1.29, 1.82) is 0 Å². The van der Waals surface area contributed by atoms with Crippen LogP contribution in [0.25, 0.3) is 20.2 Å². The zero-order valence-electron chi connectivity index (χ0n) is 28.9. The molecule has 0 aliphatic rings. The average Bonchev–Trinajstić information content (AvgIpc) is 3.50. The van der Waals surface area contributed by atoms with Gasteiger partial charge < -0.3 is 19.7 Å². The summed E-state index contributed by atoms with van der Waals surface area (Å²) in [6.07, 6.45) is 9.74.